The number of nitrogens with one attached hydrogen (secondary N) is 3. The summed E-state index contributed by atoms with van der Waals surface area (Å²) in [5.41, 5.74) is 3.65. The molecule has 0 saturated carbocycles. The molecule has 2 aromatic rings. The maximum absolute atomic E-state index is 12.2. The van der Waals surface area contributed by atoms with E-state index in [1.165, 1.54) is 0 Å². The maximum atomic E-state index is 12.2. The quantitative estimate of drug-likeness (QED) is 0.641. The van der Waals surface area contributed by atoms with Gasteiger partial charge in [-0.1, -0.05) is 36.4 Å². The highest BCUT2D eigenvalue weighted by Crippen LogP contribution is 2.18. The summed E-state index contributed by atoms with van der Waals surface area (Å²) < 4.78 is 5.40. The van der Waals surface area contributed by atoms with Crippen LogP contribution in [0.4, 0.5) is 11.4 Å². The maximum Gasteiger partial charge on any atom is 0.253 e. The molecule has 4 rings (SSSR count). The topological polar surface area (TPSA) is 79.5 Å². The lowest BCUT2D eigenvalue weighted by molar-refractivity contribution is -0.124. The summed E-state index contributed by atoms with van der Waals surface area (Å²) in [5, 5.41) is 9.06. The van der Waals surface area contributed by atoms with E-state index in [0.717, 1.165) is 54.7 Å². The summed E-state index contributed by atoms with van der Waals surface area (Å²) in [6.45, 7) is 1.57. The van der Waals surface area contributed by atoms with Crippen molar-refractivity contribution < 1.29 is 14.3 Å². The van der Waals surface area contributed by atoms with Gasteiger partial charge in [-0.25, -0.2) is 0 Å². The van der Waals surface area contributed by atoms with Gasteiger partial charge in [-0.3, -0.25) is 9.59 Å². The molecule has 2 aromatic carbocycles. The standard InChI is InChI=1S/C24H27N3O3/c28-23(21-3-1-15-25-21)26-19-11-7-17(8-12-19)5-6-18-9-13-20(14-10-18)27-24(29)22-4-2-16-30-22/h5-14,21-22,25H,1-4,15-16H2,(H,26,28)(H,27,29)/b6-5+/t21-,22+/m0/s1. The lowest BCUT2D eigenvalue weighted by atomic mass is 10.1. The fourth-order valence-corrected chi connectivity index (χ4v) is 3.69. The van der Waals surface area contributed by atoms with E-state index in [2.05, 4.69) is 16.0 Å². The third kappa shape index (κ3) is 5.34. The highest BCUT2D eigenvalue weighted by atomic mass is 16.5. The smallest absolute Gasteiger partial charge is 0.253 e. The van der Waals surface area contributed by atoms with E-state index < -0.39 is 0 Å². The third-order valence-corrected chi connectivity index (χ3v) is 5.42. The van der Waals surface area contributed by atoms with Crippen LogP contribution in [0.2, 0.25) is 0 Å². The molecular weight excluding hydrogens is 378 g/mol. The van der Waals surface area contributed by atoms with E-state index >= 15 is 0 Å². The van der Waals surface area contributed by atoms with E-state index in [4.69, 9.17) is 4.74 Å². The van der Waals surface area contributed by atoms with Crippen LogP contribution in [0.15, 0.2) is 48.5 Å². The molecule has 2 amide bonds. The summed E-state index contributed by atoms with van der Waals surface area (Å²) in [6, 6.07) is 15.4. The lowest BCUT2D eigenvalue weighted by Crippen LogP contribution is -2.35. The zero-order chi connectivity index (χ0) is 20.8. The van der Waals surface area contributed by atoms with Crippen LogP contribution in [-0.2, 0) is 14.3 Å². The number of rotatable bonds is 6. The van der Waals surface area contributed by atoms with Crippen LogP contribution in [-0.4, -0.2) is 37.1 Å². The molecule has 2 saturated heterocycles. The predicted octanol–water partition coefficient (Wildman–Crippen LogP) is 3.67. The van der Waals surface area contributed by atoms with E-state index in [-0.39, 0.29) is 24.0 Å². The lowest BCUT2D eigenvalue weighted by Gasteiger charge is -2.11. The van der Waals surface area contributed by atoms with Gasteiger partial charge in [0.1, 0.15) is 6.10 Å². The van der Waals surface area contributed by atoms with E-state index in [0.29, 0.717) is 6.61 Å². The number of anilines is 2. The fourth-order valence-electron chi connectivity index (χ4n) is 3.69. The number of benzene rings is 2. The van der Waals surface area contributed by atoms with Gasteiger partial charge in [-0.05, 0) is 67.6 Å². The first-order valence-electron chi connectivity index (χ1n) is 10.5. The second-order valence-electron chi connectivity index (χ2n) is 7.71. The van der Waals surface area contributed by atoms with Gasteiger partial charge in [0.05, 0.1) is 6.04 Å². The first kappa shape index (κ1) is 20.3. The summed E-state index contributed by atoms with van der Waals surface area (Å²) in [7, 11) is 0. The third-order valence-electron chi connectivity index (χ3n) is 5.42. The monoisotopic (exact) mass is 405 g/mol. The van der Waals surface area contributed by atoms with Crippen LogP contribution in [0.5, 0.6) is 0 Å². The molecule has 0 spiro atoms. The molecule has 0 unspecified atom stereocenters. The highest BCUT2D eigenvalue weighted by molar-refractivity contribution is 5.95. The van der Waals surface area contributed by atoms with E-state index in [1.54, 1.807) is 0 Å². The minimum atomic E-state index is -0.327. The van der Waals surface area contributed by atoms with Crippen LogP contribution in [0.25, 0.3) is 12.2 Å². The van der Waals surface area contributed by atoms with Crippen molar-refractivity contribution in [2.24, 2.45) is 0 Å². The molecule has 2 aliphatic rings. The minimum absolute atomic E-state index is 0.0301. The summed E-state index contributed by atoms with van der Waals surface area (Å²) >= 11 is 0. The largest absolute Gasteiger partial charge is 0.368 e. The second kappa shape index (κ2) is 9.69. The van der Waals surface area contributed by atoms with Crippen molar-refractivity contribution in [3.63, 3.8) is 0 Å². The Morgan fingerprint density at radius 3 is 1.93 bits per heavy atom. The van der Waals surface area contributed by atoms with E-state index in [1.807, 2.05) is 60.7 Å². The van der Waals surface area contributed by atoms with Gasteiger partial charge in [0, 0.05) is 18.0 Å². The van der Waals surface area contributed by atoms with Gasteiger partial charge < -0.3 is 20.7 Å². The van der Waals surface area contributed by atoms with Crippen LogP contribution in [0, 0.1) is 0 Å². The van der Waals surface area contributed by atoms with Crippen LogP contribution < -0.4 is 16.0 Å². The van der Waals surface area contributed by atoms with Gasteiger partial charge in [0.25, 0.3) is 5.91 Å². The van der Waals surface area contributed by atoms with Crippen LogP contribution >= 0.6 is 0 Å². The molecule has 0 bridgehead atoms. The molecule has 2 aliphatic heterocycles. The van der Waals surface area contributed by atoms with Gasteiger partial charge in [-0.2, -0.15) is 0 Å². The molecule has 0 aromatic heterocycles. The molecule has 0 radical (unpaired) electrons. The summed E-state index contributed by atoms with van der Waals surface area (Å²) in [6.07, 6.45) is 7.37. The number of carbonyl (C=O) groups excluding carboxylic acids is 2. The number of hydrogen-bond donors (Lipinski definition) is 3. The average Bonchev–Trinajstić information content (AvgIpc) is 3.48. The molecule has 2 heterocycles. The Bertz CT molecular complexity index is 819. The fraction of sp³-hybridized carbons (Fsp3) is 0.333. The van der Waals surface area contributed by atoms with Crippen LogP contribution in [0.1, 0.15) is 36.8 Å². The Kier molecular flexibility index (Phi) is 6.57. The molecule has 156 valence electrons. The van der Waals surface area contributed by atoms with Crippen molar-refractivity contribution in [2.45, 2.75) is 37.8 Å². The van der Waals surface area contributed by atoms with Crippen molar-refractivity contribution in [1.82, 2.24) is 5.32 Å². The Balaban J connectivity index is 1.29. The molecule has 3 N–H and O–H groups in total. The van der Waals surface area contributed by atoms with Crippen molar-refractivity contribution in [1.29, 1.82) is 0 Å². The first-order valence-corrected chi connectivity index (χ1v) is 10.5. The van der Waals surface area contributed by atoms with Crippen molar-refractivity contribution in [3.8, 4) is 0 Å². The van der Waals surface area contributed by atoms with E-state index in [9.17, 15) is 9.59 Å². The number of ether oxygens (including phenoxy) is 1. The zero-order valence-electron chi connectivity index (χ0n) is 16.9. The van der Waals surface area contributed by atoms with Crippen LogP contribution in [0.3, 0.4) is 0 Å². The van der Waals surface area contributed by atoms with Gasteiger partial charge in [-0.15, -0.1) is 0 Å². The van der Waals surface area contributed by atoms with Gasteiger partial charge >= 0.3 is 0 Å². The number of hydrogen-bond acceptors (Lipinski definition) is 4. The predicted molar refractivity (Wildman–Crippen MR) is 119 cm³/mol. The van der Waals surface area contributed by atoms with Gasteiger partial charge in [0.15, 0.2) is 0 Å². The first-order chi connectivity index (χ1) is 14.7. The van der Waals surface area contributed by atoms with Gasteiger partial charge in [0.2, 0.25) is 5.91 Å². The summed E-state index contributed by atoms with van der Waals surface area (Å²) in [5.74, 6) is -0.0471. The Hall–Kier alpha value is -2.96. The summed E-state index contributed by atoms with van der Waals surface area (Å²) in [4.78, 5) is 24.3. The zero-order valence-corrected chi connectivity index (χ0v) is 16.9. The average molecular weight is 405 g/mol. The Morgan fingerprint density at radius 2 is 1.43 bits per heavy atom. The molecule has 2 atom stereocenters. The second-order valence-corrected chi connectivity index (χ2v) is 7.71. The molecule has 6 nitrogen and oxygen atoms in total. The molecule has 2 fully saturated rings. The minimum Gasteiger partial charge on any atom is -0.368 e. The highest BCUT2D eigenvalue weighted by Gasteiger charge is 2.23. The molecule has 30 heavy (non-hydrogen) atoms. The van der Waals surface area contributed by atoms with Crippen molar-refractivity contribution >= 4 is 35.3 Å². The molecule has 0 aliphatic carbocycles. The SMILES string of the molecule is O=C(Nc1ccc(/C=C/c2ccc(NC(=O)[C@H]3CCCO3)cc2)cc1)[C@@H]1CCCN1. The van der Waals surface area contributed by atoms with Crippen molar-refractivity contribution in [3.05, 3.63) is 59.7 Å². The Labute approximate surface area is 176 Å². The Morgan fingerprint density at radius 1 is 0.833 bits per heavy atom. The van der Waals surface area contributed by atoms with Crippen molar-refractivity contribution in [2.75, 3.05) is 23.8 Å². The normalized spacial score (nSPS) is 21.1. The number of carbonyl (C=O) groups is 2. The number of amides is 2. The molecular formula is C24H27N3O3. The molecule has 6 heteroatoms.